The van der Waals surface area contributed by atoms with Gasteiger partial charge in [0.15, 0.2) is 0 Å². The van der Waals surface area contributed by atoms with Gasteiger partial charge in [-0.25, -0.2) is 0 Å². The van der Waals surface area contributed by atoms with E-state index in [2.05, 4.69) is 0 Å². The Morgan fingerprint density at radius 1 is 0.935 bits per heavy atom. The van der Waals surface area contributed by atoms with E-state index in [9.17, 15) is 18.0 Å². The summed E-state index contributed by atoms with van der Waals surface area (Å²) in [4.78, 5) is 11.2. The molecular weight excluding hydrogens is 407 g/mol. The fourth-order valence-electron chi connectivity index (χ4n) is 3.53. The van der Waals surface area contributed by atoms with Crippen LogP contribution in [-0.4, -0.2) is 15.6 Å². The monoisotopic (exact) mass is 425 g/mol. The molecule has 1 aromatic heterocycles. The summed E-state index contributed by atoms with van der Waals surface area (Å²) in [5.74, 6) is -0.856. The number of hydrogen-bond donors (Lipinski definition) is 1. The van der Waals surface area contributed by atoms with Crippen LogP contribution in [0.15, 0.2) is 79.0 Å². The zero-order chi connectivity index (χ0) is 22.0. The van der Waals surface area contributed by atoms with Crippen molar-refractivity contribution in [3.8, 4) is 11.5 Å². The molecule has 0 spiro atoms. The molecule has 4 aromatic rings. The average Bonchev–Trinajstić information content (AvgIpc) is 3.06. The normalized spacial score (nSPS) is 11.6. The van der Waals surface area contributed by atoms with Crippen LogP contribution in [0.4, 0.5) is 13.2 Å². The first kappa shape index (κ1) is 20.5. The highest BCUT2D eigenvalue weighted by Crippen LogP contribution is 2.37. The zero-order valence-corrected chi connectivity index (χ0v) is 16.3. The lowest BCUT2D eigenvalue weighted by atomic mass is 10.1. The molecule has 0 saturated heterocycles. The van der Waals surface area contributed by atoms with Crippen molar-refractivity contribution in [3.05, 3.63) is 95.7 Å². The number of rotatable bonds is 6. The summed E-state index contributed by atoms with van der Waals surface area (Å²) in [6, 6.07) is 19.4. The van der Waals surface area contributed by atoms with Crippen LogP contribution in [0.5, 0.6) is 11.5 Å². The smallest absolute Gasteiger partial charge is 0.419 e. The van der Waals surface area contributed by atoms with E-state index < -0.39 is 17.7 Å². The van der Waals surface area contributed by atoms with E-state index >= 15 is 0 Å². The summed E-state index contributed by atoms with van der Waals surface area (Å²) in [6.45, 7) is 0.486. The third-order valence-electron chi connectivity index (χ3n) is 4.91. The van der Waals surface area contributed by atoms with E-state index in [0.717, 1.165) is 28.1 Å². The van der Waals surface area contributed by atoms with Crippen LogP contribution in [-0.2, 0) is 23.9 Å². The molecule has 0 bridgehead atoms. The number of aromatic nitrogens is 1. The molecule has 1 N–H and O–H groups in total. The molecular formula is C24H18F3NO3. The van der Waals surface area contributed by atoms with Gasteiger partial charge >= 0.3 is 12.1 Å². The third-order valence-corrected chi connectivity index (χ3v) is 4.91. The first-order chi connectivity index (χ1) is 14.8. The Hall–Kier alpha value is -3.74. The second-order valence-electron chi connectivity index (χ2n) is 7.11. The highest BCUT2D eigenvalue weighted by molar-refractivity contribution is 5.87. The second kappa shape index (κ2) is 8.18. The van der Waals surface area contributed by atoms with Gasteiger partial charge in [0.25, 0.3) is 0 Å². The molecule has 0 aliphatic carbocycles. The SMILES string of the molecule is O=C(O)Cc1cn(Cc2ccc(Oc3ccccc3C(F)(F)F)cc2)c2ccccc12. The van der Waals surface area contributed by atoms with Gasteiger partial charge in [0.05, 0.1) is 12.0 Å². The number of halogens is 3. The fraction of sp³-hybridized carbons (Fsp3) is 0.125. The summed E-state index contributed by atoms with van der Waals surface area (Å²) < 4.78 is 46.9. The Morgan fingerprint density at radius 2 is 1.61 bits per heavy atom. The van der Waals surface area contributed by atoms with Gasteiger partial charge in [-0.1, -0.05) is 42.5 Å². The van der Waals surface area contributed by atoms with Crippen molar-refractivity contribution in [2.45, 2.75) is 19.1 Å². The maximum Gasteiger partial charge on any atom is 0.419 e. The number of fused-ring (bicyclic) bond motifs is 1. The van der Waals surface area contributed by atoms with Gasteiger partial charge < -0.3 is 14.4 Å². The van der Waals surface area contributed by atoms with Gasteiger partial charge in [0.2, 0.25) is 0 Å². The van der Waals surface area contributed by atoms with Gasteiger partial charge in [0.1, 0.15) is 11.5 Å². The number of hydrogen-bond acceptors (Lipinski definition) is 2. The van der Waals surface area contributed by atoms with E-state index in [1.54, 1.807) is 24.3 Å². The molecule has 0 aliphatic rings. The zero-order valence-electron chi connectivity index (χ0n) is 16.3. The van der Waals surface area contributed by atoms with Gasteiger partial charge in [-0.05, 0) is 41.5 Å². The van der Waals surface area contributed by atoms with Crippen molar-refractivity contribution >= 4 is 16.9 Å². The summed E-state index contributed by atoms with van der Waals surface area (Å²) in [6.07, 6.45) is -2.75. The molecule has 0 unspecified atom stereocenters. The summed E-state index contributed by atoms with van der Waals surface area (Å²) in [7, 11) is 0. The number of carboxylic acid groups (broad SMARTS) is 1. The fourth-order valence-corrected chi connectivity index (χ4v) is 3.53. The van der Waals surface area contributed by atoms with Crippen LogP contribution in [0.1, 0.15) is 16.7 Å². The lowest BCUT2D eigenvalue weighted by molar-refractivity contribution is -0.138. The summed E-state index contributed by atoms with van der Waals surface area (Å²) in [5.41, 5.74) is 1.72. The molecule has 31 heavy (non-hydrogen) atoms. The van der Waals surface area contributed by atoms with Crippen molar-refractivity contribution in [1.82, 2.24) is 4.57 Å². The van der Waals surface area contributed by atoms with Crippen LogP contribution >= 0.6 is 0 Å². The Morgan fingerprint density at radius 3 is 2.32 bits per heavy atom. The molecule has 0 radical (unpaired) electrons. The lowest BCUT2D eigenvalue weighted by Gasteiger charge is -2.14. The minimum Gasteiger partial charge on any atom is -0.481 e. The predicted molar refractivity (Wildman–Crippen MR) is 110 cm³/mol. The number of aliphatic carboxylic acids is 1. The van der Waals surface area contributed by atoms with E-state index in [1.165, 1.54) is 18.2 Å². The van der Waals surface area contributed by atoms with Crippen molar-refractivity contribution in [2.24, 2.45) is 0 Å². The van der Waals surface area contributed by atoms with Crippen molar-refractivity contribution < 1.29 is 27.8 Å². The largest absolute Gasteiger partial charge is 0.481 e. The maximum absolute atomic E-state index is 13.1. The standard InChI is InChI=1S/C24H18F3NO3/c25-24(26,27)20-6-2-4-8-22(20)31-18-11-9-16(10-12-18)14-28-15-17(13-23(29)30)19-5-1-3-7-21(19)28/h1-12,15H,13-14H2,(H,29,30). The summed E-state index contributed by atoms with van der Waals surface area (Å²) >= 11 is 0. The number of ether oxygens (including phenoxy) is 1. The first-order valence-corrected chi connectivity index (χ1v) is 9.53. The highest BCUT2D eigenvalue weighted by Gasteiger charge is 2.34. The molecule has 4 rings (SSSR count). The Kier molecular flexibility index (Phi) is 5.42. The molecule has 3 aromatic carbocycles. The van der Waals surface area contributed by atoms with Crippen molar-refractivity contribution in [2.75, 3.05) is 0 Å². The lowest BCUT2D eigenvalue weighted by Crippen LogP contribution is -2.06. The van der Waals surface area contributed by atoms with Gasteiger partial charge in [-0.15, -0.1) is 0 Å². The molecule has 0 fully saturated rings. The third kappa shape index (κ3) is 4.55. The summed E-state index contributed by atoms with van der Waals surface area (Å²) in [5, 5.41) is 10.0. The van der Waals surface area contributed by atoms with Gasteiger partial charge in [-0.3, -0.25) is 4.79 Å². The molecule has 0 atom stereocenters. The Labute approximate surface area is 176 Å². The van der Waals surface area contributed by atoms with Crippen molar-refractivity contribution in [1.29, 1.82) is 0 Å². The van der Waals surface area contributed by atoms with Crippen LogP contribution in [0.25, 0.3) is 10.9 Å². The number of nitrogens with zero attached hydrogens (tertiary/aromatic N) is 1. The van der Waals surface area contributed by atoms with E-state index in [0.29, 0.717) is 12.3 Å². The first-order valence-electron chi connectivity index (χ1n) is 9.53. The number of carboxylic acids is 1. The van der Waals surface area contributed by atoms with Crippen LogP contribution < -0.4 is 4.74 Å². The van der Waals surface area contributed by atoms with Crippen LogP contribution in [0.2, 0.25) is 0 Å². The quantitative estimate of drug-likeness (QED) is 0.404. The molecule has 0 amide bonds. The minimum atomic E-state index is -4.50. The molecule has 158 valence electrons. The number of para-hydroxylation sites is 2. The second-order valence-corrected chi connectivity index (χ2v) is 7.11. The van der Waals surface area contributed by atoms with Crippen molar-refractivity contribution in [3.63, 3.8) is 0 Å². The Balaban J connectivity index is 1.56. The van der Waals surface area contributed by atoms with E-state index in [-0.39, 0.29) is 12.2 Å². The molecule has 7 heteroatoms. The highest BCUT2D eigenvalue weighted by atomic mass is 19.4. The van der Waals surface area contributed by atoms with E-state index in [1.807, 2.05) is 35.0 Å². The molecule has 1 heterocycles. The maximum atomic E-state index is 13.1. The van der Waals surface area contributed by atoms with Gasteiger partial charge in [-0.2, -0.15) is 13.2 Å². The Bertz CT molecular complexity index is 1230. The van der Waals surface area contributed by atoms with Gasteiger partial charge in [0, 0.05) is 23.6 Å². The molecule has 4 nitrogen and oxygen atoms in total. The number of alkyl halides is 3. The van der Waals surface area contributed by atoms with E-state index in [4.69, 9.17) is 9.84 Å². The number of benzene rings is 3. The average molecular weight is 425 g/mol. The van der Waals surface area contributed by atoms with Crippen LogP contribution in [0.3, 0.4) is 0 Å². The topological polar surface area (TPSA) is 51.5 Å². The molecule has 0 saturated carbocycles. The minimum absolute atomic E-state index is 0.0705. The molecule has 0 aliphatic heterocycles. The predicted octanol–water partition coefficient (Wildman–Crippen LogP) is 6.13. The van der Waals surface area contributed by atoms with Crippen LogP contribution in [0, 0.1) is 0 Å². The number of carbonyl (C=O) groups is 1.